The number of hydrogen-bond donors (Lipinski definition) is 0. The molecule has 0 aliphatic carbocycles. The van der Waals surface area contributed by atoms with Crippen LogP contribution in [-0.2, 0) is 16.7 Å². The molecule has 30 heavy (non-hydrogen) atoms. The maximum Gasteiger partial charge on any atom is 0.298 e. The third kappa shape index (κ3) is 3.55. The quantitative estimate of drug-likeness (QED) is 0.618. The van der Waals surface area contributed by atoms with E-state index < -0.39 is 10.0 Å². The van der Waals surface area contributed by atoms with Crippen molar-refractivity contribution < 1.29 is 12.9 Å². The Balaban J connectivity index is 1.50. The van der Waals surface area contributed by atoms with E-state index >= 15 is 0 Å². The van der Waals surface area contributed by atoms with Gasteiger partial charge in [0.2, 0.25) is 10.0 Å². The molecular formula is C20H25N5O4S. The van der Waals surface area contributed by atoms with Gasteiger partial charge in [-0.25, -0.2) is 13.1 Å². The minimum absolute atomic E-state index is 0.274. The van der Waals surface area contributed by atoms with Crippen LogP contribution in [-0.4, -0.2) is 58.7 Å². The van der Waals surface area contributed by atoms with Gasteiger partial charge in [-0.1, -0.05) is 22.9 Å². The fourth-order valence-electron chi connectivity index (χ4n) is 3.97. The second kappa shape index (κ2) is 7.60. The molecule has 0 saturated carbocycles. The molecule has 1 saturated heterocycles. The van der Waals surface area contributed by atoms with Gasteiger partial charge in [-0.15, -0.1) is 0 Å². The van der Waals surface area contributed by atoms with E-state index in [1.165, 1.54) is 8.99 Å². The summed E-state index contributed by atoms with van der Waals surface area (Å²) in [7, 11) is -3.55. The topological polar surface area (TPSA) is 102 Å². The second-order valence-corrected chi connectivity index (χ2v) is 9.69. The van der Waals surface area contributed by atoms with Crippen molar-refractivity contribution in [1.82, 2.24) is 24.1 Å². The standard InChI is InChI=1S/C20H25N5O4S/c1-13-5-6-17(14(2)11-13)30(27,28)24-9-7-23(8-10-24)12-25-20(26)19-18(15(3)21-25)16(4)29-22-19/h5-6,11H,7-10,12H2,1-4H3. The summed E-state index contributed by atoms with van der Waals surface area (Å²) in [5.74, 6) is 0.574. The van der Waals surface area contributed by atoms with Gasteiger partial charge in [0.1, 0.15) is 5.76 Å². The minimum atomic E-state index is -3.55. The molecule has 9 nitrogen and oxygen atoms in total. The zero-order valence-corrected chi connectivity index (χ0v) is 18.4. The van der Waals surface area contributed by atoms with E-state index in [4.69, 9.17) is 4.52 Å². The molecule has 0 amide bonds. The number of aryl methyl sites for hydroxylation is 4. The van der Waals surface area contributed by atoms with E-state index in [0.29, 0.717) is 47.9 Å². The normalized spacial score (nSPS) is 16.4. The Bertz CT molecular complexity index is 1270. The third-order valence-electron chi connectivity index (χ3n) is 5.55. The number of aromatic nitrogens is 3. The van der Waals surface area contributed by atoms with Crippen molar-refractivity contribution in [3.05, 3.63) is 51.1 Å². The maximum atomic E-state index is 13.1. The van der Waals surface area contributed by atoms with Crippen molar-refractivity contribution in [2.75, 3.05) is 26.2 Å². The molecule has 0 atom stereocenters. The Hall–Kier alpha value is -2.56. The van der Waals surface area contributed by atoms with Gasteiger partial charge in [0, 0.05) is 26.2 Å². The lowest BCUT2D eigenvalue weighted by Gasteiger charge is -2.34. The van der Waals surface area contributed by atoms with Gasteiger partial charge in [0.05, 0.1) is 22.6 Å². The largest absolute Gasteiger partial charge is 0.360 e. The van der Waals surface area contributed by atoms with Gasteiger partial charge in [-0.3, -0.25) is 9.69 Å². The van der Waals surface area contributed by atoms with E-state index in [2.05, 4.69) is 10.3 Å². The molecule has 4 rings (SSSR count). The fourth-order valence-corrected chi connectivity index (χ4v) is 5.60. The van der Waals surface area contributed by atoms with Crippen molar-refractivity contribution in [3.63, 3.8) is 0 Å². The second-order valence-electron chi connectivity index (χ2n) is 7.78. The van der Waals surface area contributed by atoms with Gasteiger partial charge in [0.15, 0.2) is 5.52 Å². The number of hydrogen-bond acceptors (Lipinski definition) is 7. The monoisotopic (exact) mass is 431 g/mol. The van der Waals surface area contributed by atoms with Crippen LogP contribution < -0.4 is 5.56 Å². The summed E-state index contributed by atoms with van der Waals surface area (Å²) in [6.07, 6.45) is 0. The zero-order valence-electron chi connectivity index (χ0n) is 17.5. The lowest BCUT2D eigenvalue weighted by atomic mass is 10.2. The Morgan fingerprint density at radius 1 is 1.07 bits per heavy atom. The molecule has 3 heterocycles. The van der Waals surface area contributed by atoms with Crippen molar-refractivity contribution in [2.45, 2.75) is 39.3 Å². The van der Waals surface area contributed by atoms with Crippen LogP contribution in [0.2, 0.25) is 0 Å². The first-order valence-electron chi connectivity index (χ1n) is 9.82. The highest BCUT2D eigenvalue weighted by molar-refractivity contribution is 7.89. The molecule has 10 heteroatoms. The average Bonchev–Trinajstić information content (AvgIpc) is 3.08. The molecule has 1 aliphatic rings. The molecule has 0 N–H and O–H groups in total. The Labute approximate surface area is 174 Å². The lowest BCUT2D eigenvalue weighted by Crippen LogP contribution is -2.50. The highest BCUT2D eigenvalue weighted by atomic mass is 32.2. The fraction of sp³-hybridized carbons (Fsp3) is 0.450. The molecular weight excluding hydrogens is 406 g/mol. The van der Waals surface area contributed by atoms with Crippen molar-refractivity contribution >= 4 is 20.9 Å². The van der Waals surface area contributed by atoms with E-state index in [9.17, 15) is 13.2 Å². The number of fused-ring (bicyclic) bond motifs is 1. The highest BCUT2D eigenvalue weighted by Crippen LogP contribution is 2.22. The van der Waals surface area contributed by atoms with Crippen LogP contribution in [0.25, 0.3) is 10.9 Å². The minimum Gasteiger partial charge on any atom is -0.360 e. The number of nitrogens with zero attached hydrogens (tertiary/aromatic N) is 5. The first-order valence-corrected chi connectivity index (χ1v) is 11.3. The summed E-state index contributed by atoms with van der Waals surface area (Å²) < 4.78 is 34.1. The maximum absolute atomic E-state index is 13.1. The molecule has 1 fully saturated rings. The van der Waals surface area contributed by atoms with Gasteiger partial charge < -0.3 is 4.52 Å². The molecule has 0 radical (unpaired) electrons. The van der Waals surface area contributed by atoms with Crippen molar-refractivity contribution in [3.8, 4) is 0 Å². The number of benzene rings is 1. The van der Waals surface area contributed by atoms with Gasteiger partial charge in [0.25, 0.3) is 5.56 Å². The van der Waals surface area contributed by atoms with E-state index in [1.807, 2.05) is 37.8 Å². The summed E-state index contributed by atoms with van der Waals surface area (Å²) >= 11 is 0. The Morgan fingerprint density at radius 3 is 2.43 bits per heavy atom. The summed E-state index contributed by atoms with van der Waals surface area (Å²) in [5.41, 5.74) is 2.43. The summed E-state index contributed by atoms with van der Waals surface area (Å²) in [5, 5.41) is 8.92. The zero-order chi connectivity index (χ0) is 21.6. The smallest absolute Gasteiger partial charge is 0.298 e. The molecule has 2 aromatic heterocycles. The molecule has 160 valence electrons. The van der Waals surface area contributed by atoms with Crippen LogP contribution in [0.1, 0.15) is 22.6 Å². The van der Waals surface area contributed by atoms with E-state index in [0.717, 1.165) is 11.1 Å². The van der Waals surface area contributed by atoms with Crippen LogP contribution in [0.15, 0.2) is 32.4 Å². The lowest BCUT2D eigenvalue weighted by molar-refractivity contribution is 0.143. The van der Waals surface area contributed by atoms with E-state index in [-0.39, 0.29) is 17.7 Å². The molecule has 3 aromatic rings. The van der Waals surface area contributed by atoms with Crippen molar-refractivity contribution in [2.24, 2.45) is 0 Å². The first-order chi connectivity index (χ1) is 14.2. The Morgan fingerprint density at radius 2 is 1.77 bits per heavy atom. The summed E-state index contributed by atoms with van der Waals surface area (Å²) in [4.78, 5) is 15.0. The van der Waals surface area contributed by atoms with Crippen LogP contribution in [0.5, 0.6) is 0 Å². The molecule has 0 bridgehead atoms. The SMILES string of the molecule is Cc1ccc(S(=O)(=O)N2CCN(Cn3nc(C)c4c(C)onc4c3=O)CC2)c(C)c1. The van der Waals surface area contributed by atoms with Crippen LogP contribution in [0.3, 0.4) is 0 Å². The number of sulfonamides is 1. The predicted octanol–water partition coefficient (Wildman–Crippen LogP) is 1.58. The summed E-state index contributed by atoms with van der Waals surface area (Å²) in [6.45, 7) is 9.33. The Kier molecular flexibility index (Phi) is 5.25. The third-order valence-corrected chi connectivity index (χ3v) is 7.60. The average molecular weight is 432 g/mol. The molecule has 1 aromatic carbocycles. The summed E-state index contributed by atoms with van der Waals surface area (Å²) in [6, 6.07) is 5.37. The molecule has 1 aliphatic heterocycles. The number of rotatable bonds is 4. The van der Waals surface area contributed by atoms with Gasteiger partial charge in [-0.2, -0.15) is 9.40 Å². The highest BCUT2D eigenvalue weighted by Gasteiger charge is 2.30. The molecule has 0 spiro atoms. The number of piperazine rings is 1. The van der Waals surface area contributed by atoms with Gasteiger partial charge in [-0.05, 0) is 39.3 Å². The van der Waals surface area contributed by atoms with E-state index in [1.54, 1.807) is 13.0 Å². The van der Waals surface area contributed by atoms with Crippen LogP contribution >= 0.6 is 0 Å². The van der Waals surface area contributed by atoms with Gasteiger partial charge >= 0.3 is 0 Å². The van der Waals surface area contributed by atoms with Crippen LogP contribution in [0, 0.1) is 27.7 Å². The predicted molar refractivity (Wildman–Crippen MR) is 112 cm³/mol. The molecule has 0 unspecified atom stereocenters. The van der Waals surface area contributed by atoms with Crippen LogP contribution in [0.4, 0.5) is 0 Å². The first kappa shape index (κ1) is 20.7. The van der Waals surface area contributed by atoms with Crippen molar-refractivity contribution in [1.29, 1.82) is 0 Å².